The Morgan fingerprint density at radius 1 is 1.35 bits per heavy atom. The van der Waals surface area contributed by atoms with Crippen molar-refractivity contribution in [3.05, 3.63) is 28.2 Å². The van der Waals surface area contributed by atoms with Gasteiger partial charge in [0.05, 0.1) is 11.6 Å². The summed E-state index contributed by atoms with van der Waals surface area (Å²) in [5.41, 5.74) is 1.32. The quantitative estimate of drug-likeness (QED) is 0.785. The molecule has 0 aromatic heterocycles. The second kappa shape index (κ2) is 7.02. The summed E-state index contributed by atoms with van der Waals surface area (Å²) in [5.74, 6) is 0.889. The van der Waals surface area contributed by atoms with Crippen molar-refractivity contribution in [2.24, 2.45) is 0 Å². The summed E-state index contributed by atoms with van der Waals surface area (Å²) in [6.07, 6.45) is 1.19. The standard InChI is InChI=1S/C14H22BrNO/c1-5-11(3)16(6-2)10-12-7-8-14(17-4)13(15)9-12/h7-9,11H,5-6,10H2,1-4H3. The van der Waals surface area contributed by atoms with Crippen molar-refractivity contribution < 1.29 is 4.74 Å². The van der Waals surface area contributed by atoms with E-state index in [2.05, 4.69) is 53.7 Å². The highest BCUT2D eigenvalue weighted by molar-refractivity contribution is 9.10. The molecule has 1 aromatic rings. The Bertz CT molecular complexity index is 354. The molecule has 0 bridgehead atoms. The van der Waals surface area contributed by atoms with E-state index in [9.17, 15) is 0 Å². The van der Waals surface area contributed by atoms with Gasteiger partial charge in [-0.2, -0.15) is 0 Å². The molecule has 0 saturated heterocycles. The van der Waals surface area contributed by atoms with Gasteiger partial charge in [-0.05, 0) is 53.5 Å². The van der Waals surface area contributed by atoms with Crippen LogP contribution in [0.4, 0.5) is 0 Å². The summed E-state index contributed by atoms with van der Waals surface area (Å²) in [7, 11) is 1.69. The summed E-state index contributed by atoms with van der Waals surface area (Å²) in [4.78, 5) is 2.48. The molecule has 0 N–H and O–H groups in total. The van der Waals surface area contributed by atoms with Gasteiger partial charge in [-0.25, -0.2) is 0 Å². The van der Waals surface area contributed by atoms with E-state index in [0.29, 0.717) is 6.04 Å². The number of rotatable bonds is 6. The SMILES string of the molecule is CCC(C)N(CC)Cc1ccc(OC)c(Br)c1. The summed E-state index contributed by atoms with van der Waals surface area (Å²) in [6.45, 7) is 8.80. The zero-order chi connectivity index (χ0) is 12.8. The maximum atomic E-state index is 5.24. The maximum Gasteiger partial charge on any atom is 0.133 e. The molecule has 0 amide bonds. The average molecular weight is 300 g/mol. The molecule has 1 unspecified atom stereocenters. The highest BCUT2D eigenvalue weighted by Gasteiger charge is 2.11. The van der Waals surface area contributed by atoms with E-state index < -0.39 is 0 Å². The predicted molar refractivity (Wildman–Crippen MR) is 76.5 cm³/mol. The largest absolute Gasteiger partial charge is 0.496 e. The van der Waals surface area contributed by atoms with Crippen molar-refractivity contribution in [3.8, 4) is 5.75 Å². The lowest BCUT2D eigenvalue weighted by molar-refractivity contribution is 0.206. The predicted octanol–water partition coefficient (Wildman–Crippen LogP) is 4.08. The Hall–Kier alpha value is -0.540. The van der Waals surface area contributed by atoms with Gasteiger partial charge in [-0.3, -0.25) is 4.90 Å². The molecule has 0 aliphatic rings. The molecule has 0 saturated carbocycles. The first kappa shape index (κ1) is 14.5. The lowest BCUT2D eigenvalue weighted by atomic mass is 10.1. The zero-order valence-electron chi connectivity index (χ0n) is 11.2. The van der Waals surface area contributed by atoms with E-state index in [-0.39, 0.29) is 0 Å². The van der Waals surface area contributed by atoms with Crippen LogP contribution in [0.5, 0.6) is 5.75 Å². The van der Waals surface area contributed by atoms with Crippen molar-refractivity contribution in [1.29, 1.82) is 0 Å². The molecule has 0 heterocycles. The molecule has 0 radical (unpaired) electrons. The minimum Gasteiger partial charge on any atom is -0.496 e. The number of ether oxygens (including phenoxy) is 1. The van der Waals surface area contributed by atoms with Gasteiger partial charge in [-0.1, -0.05) is 19.9 Å². The van der Waals surface area contributed by atoms with Crippen LogP contribution in [-0.2, 0) is 6.54 Å². The Morgan fingerprint density at radius 3 is 2.53 bits per heavy atom. The molecule has 96 valence electrons. The van der Waals surface area contributed by atoms with E-state index >= 15 is 0 Å². The number of halogens is 1. The molecular formula is C14H22BrNO. The van der Waals surface area contributed by atoms with Crippen LogP contribution in [0.1, 0.15) is 32.8 Å². The van der Waals surface area contributed by atoms with E-state index in [4.69, 9.17) is 4.74 Å². The first-order valence-corrected chi connectivity index (χ1v) is 6.98. The fourth-order valence-electron chi connectivity index (χ4n) is 1.88. The summed E-state index contributed by atoms with van der Waals surface area (Å²) in [5, 5.41) is 0. The van der Waals surface area contributed by atoms with Crippen LogP contribution in [0.15, 0.2) is 22.7 Å². The van der Waals surface area contributed by atoms with Crippen LogP contribution in [0.2, 0.25) is 0 Å². The van der Waals surface area contributed by atoms with Gasteiger partial charge in [0.1, 0.15) is 5.75 Å². The smallest absolute Gasteiger partial charge is 0.133 e. The van der Waals surface area contributed by atoms with Gasteiger partial charge in [0.25, 0.3) is 0 Å². The third-order valence-corrected chi connectivity index (χ3v) is 3.84. The average Bonchev–Trinajstić information content (AvgIpc) is 2.35. The van der Waals surface area contributed by atoms with Crippen molar-refractivity contribution in [2.75, 3.05) is 13.7 Å². The van der Waals surface area contributed by atoms with Crippen LogP contribution < -0.4 is 4.74 Å². The lowest BCUT2D eigenvalue weighted by Gasteiger charge is -2.27. The fraction of sp³-hybridized carbons (Fsp3) is 0.571. The van der Waals surface area contributed by atoms with E-state index in [1.807, 2.05) is 6.07 Å². The molecule has 17 heavy (non-hydrogen) atoms. The van der Waals surface area contributed by atoms with Crippen LogP contribution >= 0.6 is 15.9 Å². The minimum absolute atomic E-state index is 0.626. The van der Waals surface area contributed by atoms with Gasteiger partial charge >= 0.3 is 0 Å². The Kier molecular flexibility index (Phi) is 6.00. The van der Waals surface area contributed by atoms with Crippen LogP contribution in [0.25, 0.3) is 0 Å². The van der Waals surface area contributed by atoms with E-state index in [1.165, 1.54) is 12.0 Å². The molecule has 2 nitrogen and oxygen atoms in total. The monoisotopic (exact) mass is 299 g/mol. The van der Waals surface area contributed by atoms with Gasteiger partial charge in [-0.15, -0.1) is 0 Å². The molecule has 1 aromatic carbocycles. The molecule has 1 atom stereocenters. The highest BCUT2D eigenvalue weighted by Crippen LogP contribution is 2.26. The molecule has 3 heteroatoms. The molecule has 0 aliphatic carbocycles. The minimum atomic E-state index is 0.626. The summed E-state index contributed by atoms with van der Waals surface area (Å²) < 4.78 is 6.27. The summed E-state index contributed by atoms with van der Waals surface area (Å²) in [6, 6.07) is 6.92. The first-order chi connectivity index (χ1) is 8.12. The topological polar surface area (TPSA) is 12.5 Å². The van der Waals surface area contributed by atoms with Gasteiger partial charge in [0.2, 0.25) is 0 Å². The van der Waals surface area contributed by atoms with Crippen molar-refractivity contribution in [3.63, 3.8) is 0 Å². The van der Waals surface area contributed by atoms with Crippen molar-refractivity contribution >= 4 is 15.9 Å². The number of methoxy groups -OCH3 is 1. The Labute approximate surface area is 113 Å². The lowest BCUT2D eigenvalue weighted by Crippen LogP contribution is -2.31. The molecule has 0 spiro atoms. The van der Waals surface area contributed by atoms with Gasteiger partial charge in [0, 0.05) is 12.6 Å². The van der Waals surface area contributed by atoms with Crippen LogP contribution in [0, 0.1) is 0 Å². The molecule has 0 aliphatic heterocycles. The first-order valence-electron chi connectivity index (χ1n) is 6.18. The second-order valence-corrected chi connectivity index (χ2v) is 5.14. The normalized spacial score (nSPS) is 12.8. The molecule has 1 rings (SSSR count). The zero-order valence-corrected chi connectivity index (χ0v) is 12.8. The van der Waals surface area contributed by atoms with Crippen LogP contribution in [0.3, 0.4) is 0 Å². The van der Waals surface area contributed by atoms with Gasteiger partial charge < -0.3 is 4.74 Å². The van der Waals surface area contributed by atoms with E-state index in [1.54, 1.807) is 7.11 Å². The number of hydrogen-bond acceptors (Lipinski definition) is 2. The van der Waals surface area contributed by atoms with Crippen LogP contribution in [-0.4, -0.2) is 24.6 Å². The fourth-order valence-corrected chi connectivity index (χ4v) is 2.47. The van der Waals surface area contributed by atoms with E-state index in [0.717, 1.165) is 23.3 Å². The number of hydrogen-bond donors (Lipinski definition) is 0. The van der Waals surface area contributed by atoms with Crippen molar-refractivity contribution in [1.82, 2.24) is 4.90 Å². The molecular weight excluding hydrogens is 278 g/mol. The number of nitrogens with zero attached hydrogens (tertiary/aromatic N) is 1. The Morgan fingerprint density at radius 2 is 2.06 bits per heavy atom. The maximum absolute atomic E-state index is 5.24. The third-order valence-electron chi connectivity index (χ3n) is 3.22. The van der Waals surface area contributed by atoms with Gasteiger partial charge in [0.15, 0.2) is 0 Å². The highest BCUT2D eigenvalue weighted by atomic mass is 79.9. The van der Waals surface area contributed by atoms with Crippen molar-refractivity contribution in [2.45, 2.75) is 39.8 Å². The Balaban J connectivity index is 2.76. The second-order valence-electron chi connectivity index (χ2n) is 4.29. The number of benzene rings is 1. The third kappa shape index (κ3) is 4.00. The molecule has 0 fully saturated rings. The summed E-state index contributed by atoms with van der Waals surface area (Å²) >= 11 is 3.53.